The van der Waals surface area contributed by atoms with Crippen LogP contribution in [0.1, 0.15) is 36.5 Å². The van der Waals surface area contributed by atoms with Crippen molar-refractivity contribution in [2.75, 3.05) is 5.32 Å². The molecular weight excluding hydrogens is 240 g/mol. The predicted octanol–water partition coefficient (Wildman–Crippen LogP) is 3.29. The number of carbonyl (C=O) groups is 1. The van der Waals surface area contributed by atoms with Gasteiger partial charge in [0.1, 0.15) is 5.82 Å². The number of para-hydroxylation sites is 1. The number of pyridine rings is 1. The molecule has 1 saturated carbocycles. The summed E-state index contributed by atoms with van der Waals surface area (Å²) in [6.07, 6.45) is 3.41. The lowest BCUT2D eigenvalue weighted by Gasteiger charge is -2.39. The highest BCUT2D eigenvalue weighted by Crippen LogP contribution is 2.35. The molecule has 1 heterocycles. The molecule has 4 nitrogen and oxygen atoms in total. The second-order valence-electron chi connectivity index (χ2n) is 5.42. The maximum absolute atomic E-state index is 11.4. The molecule has 2 aromatic rings. The van der Waals surface area contributed by atoms with Crippen LogP contribution in [0.5, 0.6) is 0 Å². The quantitative estimate of drug-likeness (QED) is 0.884. The molecule has 19 heavy (non-hydrogen) atoms. The molecule has 0 unspecified atom stereocenters. The van der Waals surface area contributed by atoms with E-state index < -0.39 is 5.97 Å². The van der Waals surface area contributed by atoms with E-state index in [1.165, 1.54) is 6.42 Å². The summed E-state index contributed by atoms with van der Waals surface area (Å²) in [4.78, 5) is 15.9. The zero-order valence-electron chi connectivity index (χ0n) is 10.8. The van der Waals surface area contributed by atoms with Gasteiger partial charge in [0.25, 0.3) is 0 Å². The zero-order chi connectivity index (χ0) is 13.5. The lowest BCUT2D eigenvalue weighted by Crippen LogP contribution is -2.41. The van der Waals surface area contributed by atoms with Crippen LogP contribution in [0, 0.1) is 0 Å². The van der Waals surface area contributed by atoms with Crippen LogP contribution in [0.2, 0.25) is 0 Å². The number of hydrogen-bond donors (Lipinski definition) is 2. The molecule has 0 bridgehead atoms. The molecular formula is C15H16N2O2. The van der Waals surface area contributed by atoms with Gasteiger partial charge in [0, 0.05) is 10.9 Å². The van der Waals surface area contributed by atoms with E-state index in [1.54, 1.807) is 12.1 Å². The van der Waals surface area contributed by atoms with Crippen molar-refractivity contribution in [1.29, 1.82) is 0 Å². The van der Waals surface area contributed by atoms with E-state index in [0.29, 0.717) is 22.3 Å². The highest BCUT2D eigenvalue weighted by Gasteiger charge is 2.32. The summed E-state index contributed by atoms with van der Waals surface area (Å²) in [6.45, 7) is 2.15. The third kappa shape index (κ3) is 2.14. The van der Waals surface area contributed by atoms with Crippen molar-refractivity contribution in [2.45, 2.75) is 31.7 Å². The van der Waals surface area contributed by atoms with E-state index in [1.807, 2.05) is 18.2 Å². The molecule has 0 atom stereocenters. The van der Waals surface area contributed by atoms with Crippen LogP contribution in [0.15, 0.2) is 30.3 Å². The van der Waals surface area contributed by atoms with Crippen molar-refractivity contribution in [3.63, 3.8) is 0 Å². The third-order valence-corrected chi connectivity index (χ3v) is 3.83. The number of anilines is 1. The van der Waals surface area contributed by atoms with Crippen LogP contribution in [0.4, 0.5) is 5.82 Å². The molecule has 1 aromatic heterocycles. The summed E-state index contributed by atoms with van der Waals surface area (Å²) in [5, 5.41) is 13.4. The molecule has 0 spiro atoms. The second kappa shape index (κ2) is 4.23. The fraction of sp³-hybridized carbons (Fsp3) is 0.333. The molecule has 1 fully saturated rings. The van der Waals surface area contributed by atoms with E-state index >= 15 is 0 Å². The van der Waals surface area contributed by atoms with Crippen LogP contribution in [0.25, 0.3) is 10.9 Å². The molecule has 1 aromatic carbocycles. The van der Waals surface area contributed by atoms with E-state index in [-0.39, 0.29) is 5.54 Å². The van der Waals surface area contributed by atoms with Crippen molar-refractivity contribution in [3.05, 3.63) is 35.9 Å². The monoisotopic (exact) mass is 256 g/mol. The molecule has 3 rings (SSSR count). The Morgan fingerprint density at radius 3 is 2.74 bits per heavy atom. The summed E-state index contributed by atoms with van der Waals surface area (Å²) in [6, 6.07) is 8.97. The highest BCUT2D eigenvalue weighted by atomic mass is 16.4. The fourth-order valence-corrected chi connectivity index (χ4v) is 2.56. The van der Waals surface area contributed by atoms with E-state index in [9.17, 15) is 9.90 Å². The molecule has 4 heteroatoms. The first-order valence-corrected chi connectivity index (χ1v) is 6.49. The maximum atomic E-state index is 11.4. The van der Waals surface area contributed by atoms with Gasteiger partial charge in [-0.15, -0.1) is 0 Å². The molecule has 0 saturated heterocycles. The number of aromatic carboxylic acids is 1. The smallest absolute Gasteiger partial charge is 0.336 e. The molecule has 0 aliphatic heterocycles. The van der Waals surface area contributed by atoms with E-state index in [4.69, 9.17) is 0 Å². The number of nitrogens with zero attached hydrogens (tertiary/aromatic N) is 1. The van der Waals surface area contributed by atoms with Crippen LogP contribution in [-0.4, -0.2) is 21.6 Å². The predicted molar refractivity (Wildman–Crippen MR) is 74.6 cm³/mol. The minimum absolute atomic E-state index is 0.0607. The van der Waals surface area contributed by atoms with Gasteiger partial charge < -0.3 is 10.4 Å². The van der Waals surface area contributed by atoms with E-state index in [0.717, 1.165) is 12.8 Å². The van der Waals surface area contributed by atoms with Crippen LogP contribution in [0.3, 0.4) is 0 Å². The highest BCUT2D eigenvalue weighted by molar-refractivity contribution is 6.03. The Kier molecular flexibility index (Phi) is 2.66. The van der Waals surface area contributed by atoms with Gasteiger partial charge in [-0.05, 0) is 38.3 Å². The summed E-state index contributed by atoms with van der Waals surface area (Å²) in [5.74, 6) is -0.265. The average molecular weight is 256 g/mol. The molecule has 2 N–H and O–H groups in total. The van der Waals surface area contributed by atoms with Gasteiger partial charge in [0.15, 0.2) is 0 Å². The van der Waals surface area contributed by atoms with Crippen LogP contribution >= 0.6 is 0 Å². The molecule has 0 radical (unpaired) electrons. The van der Waals surface area contributed by atoms with Crippen molar-refractivity contribution in [2.24, 2.45) is 0 Å². The standard InChI is InChI=1S/C15H16N2O2/c1-15(7-4-8-15)17-13-9-11(14(18)19)10-5-2-3-6-12(10)16-13/h2-3,5-6,9H,4,7-8H2,1H3,(H,16,17)(H,18,19). The minimum Gasteiger partial charge on any atom is -0.478 e. The van der Waals surface area contributed by atoms with Crippen LogP contribution < -0.4 is 5.32 Å². The lowest BCUT2D eigenvalue weighted by molar-refractivity contribution is 0.0699. The maximum Gasteiger partial charge on any atom is 0.336 e. The number of benzene rings is 1. The first kappa shape index (κ1) is 12.0. The Hall–Kier alpha value is -2.10. The van der Waals surface area contributed by atoms with E-state index in [2.05, 4.69) is 17.2 Å². The summed E-state index contributed by atoms with van der Waals surface area (Å²) >= 11 is 0. The number of rotatable bonds is 3. The Morgan fingerprint density at radius 2 is 2.11 bits per heavy atom. The molecule has 1 aliphatic carbocycles. The fourth-order valence-electron chi connectivity index (χ4n) is 2.56. The van der Waals surface area contributed by atoms with Gasteiger partial charge in [-0.1, -0.05) is 18.2 Å². The van der Waals surface area contributed by atoms with Gasteiger partial charge in [-0.3, -0.25) is 0 Å². The molecule has 0 amide bonds. The number of hydrogen-bond acceptors (Lipinski definition) is 3. The Morgan fingerprint density at radius 1 is 1.37 bits per heavy atom. The minimum atomic E-state index is -0.916. The lowest BCUT2D eigenvalue weighted by atomic mass is 9.78. The second-order valence-corrected chi connectivity index (χ2v) is 5.42. The Balaban J connectivity index is 2.08. The summed E-state index contributed by atoms with van der Waals surface area (Å²) in [5.41, 5.74) is 1.08. The van der Waals surface area contributed by atoms with Crippen molar-refractivity contribution < 1.29 is 9.90 Å². The number of carboxylic acids is 1. The van der Waals surface area contributed by atoms with Gasteiger partial charge in [-0.2, -0.15) is 0 Å². The molecule has 98 valence electrons. The van der Waals surface area contributed by atoms with Gasteiger partial charge in [0.2, 0.25) is 0 Å². The average Bonchev–Trinajstić information content (AvgIpc) is 2.35. The first-order valence-electron chi connectivity index (χ1n) is 6.49. The summed E-state index contributed by atoms with van der Waals surface area (Å²) < 4.78 is 0. The molecule has 1 aliphatic rings. The topological polar surface area (TPSA) is 62.2 Å². The normalized spacial score (nSPS) is 16.9. The SMILES string of the molecule is CC1(Nc2cc(C(=O)O)c3ccccc3n2)CCC1. The Labute approximate surface area is 111 Å². The number of fused-ring (bicyclic) bond motifs is 1. The third-order valence-electron chi connectivity index (χ3n) is 3.83. The Bertz CT molecular complexity index is 648. The van der Waals surface area contributed by atoms with Gasteiger partial charge in [-0.25, -0.2) is 9.78 Å². The van der Waals surface area contributed by atoms with Crippen LogP contribution in [-0.2, 0) is 0 Å². The van der Waals surface area contributed by atoms with Crippen molar-refractivity contribution >= 4 is 22.7 Å². The van der Waals surface area contributed by atoms with Gasteiger partial charge >= 0.3 is 5.97 Å². The number of aromatic nitrogens is 1. The van der Waals surface area contributed by atoms with Crippen molar-refractivity contribution in [3.8, 4) is 0 Å². The largest absolute Gasteiger partial charge is 0.478 e. The number of carboxylic acid groups (broad SMARTS) is 1. The number of nitrogens with one attached hydrogen (secondary N) is 1. The van der Waals surface area contributed by atoms with Crippen molar-refractivity contribution in [1.82, 2.24) is 4.98 Å². The van der Waals surface area contributed by atoms with Gasteiger partial charge in [0.05, 0.1) is 11.1 Å². The first-order chi connectivity index (χ1) is 9.07. The summed E-state index contributed by atoms with van der Waals surface area (Å²) in [7, 11) is 0. The zero-order valence-corrected chi connectivity index (χ0v) is 10.8.